The molecule has 0 saturated heterocycles. The summed E-state index contributed by atoms with van der Waals surface area (Å²) < 4.78 is 24.2. The molecule has 1 aromatic rings. The molecule has 0 bridgehead atoms. The zero-order valence-electron chi connectivity index (χ0n) is 12.2. The Balaban J connectivity index is 2.07. The molecular formula is C15H22N2O2S. The van der Waals surface area contributed by atoms with Gasteiger partial charge in [0, 0.05) is 5.70 Å². The minimum Gasteiger partial charge on any atom is -0.312 e. The van der Waals surface area contributed by atoms with Crippen LogP contribution in [0.2, 0.25) is 0 Å². The molecule has 1 atom stereocenters. The molecular weight excluding hydrogens is 272 g/mol. The standard InChI is InChI=1S/C15H22N2O2S/c1-12-9-13(11-15(2,3)10-12)16-17-20(18,19)14-7-5-4-6-8-14/h4-8,11-12,16-17H,9-10H2,1-3H3/t12-/m0/s1. The molecule has 5 heteroatoms. The largest absolute Gasteiger partial charge is 0.312 e. The SMILES string of the molecule is C[C@H]1CC(NNS(=O)(=O)c2ccccc2)=CC(C)(C)C1. The van der Waals surface area contributed by atoms with Gasteiger partial charge in [0.15, 0.2) is 0 Å². The molecule has 0 amide bonds. The highest BCUT2D eigenvalue weighted by molar-refractivity contribution is 7.89. The normalized spacial score (nSPS) is 22.1. The molecule has 1 aliphatic carbocycles. The van der Waals surface area contributed by atoms with Crippen LogP contribution in [0, 0.1) is 11.3 Å². The van der Waals surface area contributed by atoms with Crippen molar-refractivity contribution >= 4 is 10.0 Å². The molecule has 2 N–H and O–H groups in total. The van der Waals surface area contributed by atoms with Gasteiger partial charge in [0.25, 0.3) is 10.0 Å². The zero-order valence-corrected chi connectivity index (χ0v) is 13.0. The van der Waals surface area contributed by atoms with Gasteiger partial charge in [-0.15, -0.1) is 4.83 Å². The van der Waals surface area contributed by atoms with Crippen molar-refractivity contribution in [3.8, 4) is 0 Å². The van der Waals surface area contributed by atoms with E-state index in [0.717, 1.165) is 18.5 Å². The van der Waals surface area contributed by atoms with Gasteiger partial charge in [0.05, 0.1) is 4.90 Å². The van der Waals surface area contributed by atoms with Gasteiger partial charge >= 0.3 is 0 Å². The fourth-order valence-electron chi connectivity index (χ4n) is 2.81. The summed E-state index contributed by atoms with van der Waals surface area (Å²) in [6.45, 7) is 6.51. The lowest BCUT2D eigenvalue weighted by molar-refractivity contribution is 0.313. The second-order valence-electron chi connectivity index (χ2n) is 6.22. The van der Waals surface area contributed by atoms with Crippen LogP contribution < -0.4 is 10.3 Å². The predicted octanol–water partition coefficient (Wildman–Crippen LogP) is 2.81. The van der Waals surface area contributed by atoms with Crippen LogP contribution in [0.4, 0.5) is 0 Å². The number of hydrazine groups is 1. The fraction of sp³-hybridized carbons (Fsp3) is 0.467. The van der Waals surface area contributed by atoms with E-state index in [4.69, 9.17) is 0 Å². The Kier molecular flexibility index (Phi) is 4.20. The van der Waals surface area contributed by atoms with E-state index in [-0.39, 0.29) is 10.3 Å². The van der Waals surface area contributed by atoms with Crippen LogP contribution in [0.15, 0.2) is 47.0 Å². The Labute approximate surface area is 121 Å². The van der Waals surface area contributed by atoms with Crippen molar-refractivity contribution in [2.75, 3.05) is 0 Å². The topological polar surface area (TPSA) is 58.2 Å². The highest BCUT2D eigenvalue weighted by atomic mass is 32.2. The molecule has 0 aliphatic heterocycles. The summed E-state index contributed by atoms with van der Waals surface area (Å²) in [7, 11) is -3.52. The van der Waals surface area contributed by atoms with E-state index in [1.54, 1.807) is 30.3 Å². The molecule has 0 saturated carbocycles. The Morgan fingerprint density at radius 3 is 2.45 bits per heavy atom. The molecule has 1 aromatic carbocycles. The van der Waals surface area contributed by atoms with E-state index in [0.29, 0.717) is 5.92 Å². The molecule has 0 fully saturated rings. The van der Waals surface area contributed by atoms with Gasteiger partial charge in [-0.05, 0) is 36.3 Å². The summed E-state index contributed by atoms with van der Waals surface area (Å²) in [6.07, 6.45) is 4.09. The van der Waals surface area contributed by atoms with Crippen LogP contribution in [0.1, 0.15) is 33.6 Å². The summed E-state index contributed by atoms with van der Waals surface area (Å²) in [4.78, 5) is 2.72. The number of benzene rings is 1. The number of hydrogen-bond donors (Lipinski definition) is 2. The first-order chi connectivity index (χ1) is 9.28. The summed E-state index contributed by atoms with van der Waals surface area (Å²) in [5.41, 5.74) is 3.90. The lowest BCUT2D eigenvalue weighted by Crippen LogP contribution is -2.39. The average Bonchev–Trinajstić information content (AvgIpc) is 2.35. The van der Waals surface area contributed by atoms with Gasteiger partial charge in [0.1, 0.15) is 0 Å². The molecule has 0 heterocycles. The van der Waals surface area contributed by atoms with Crippen LogP contribution in [-0.4, -0.2) is 8.42 Å². The highest BCUT2D eigenvalue weighted by Crippen LogP contribution is 2.35. The molecule has 0 unspecified atom stereocenters. The summed E-state index contributed by atoms with van der Waals surface area (Å²) in [5, 5.41) is 0. The van der Waals surface area contributed by atoms with Crippen molar-refractivity contribution in [2.45, 2.75) is 38.5 Å². The quantitative estimate of drug-likeness (QED) is 0.840. The predicted molar refractivity (Wildman–Crippen MR) is 80.2 cm³/mol. The van der Waals surface area contributed by atoms with Gasteiger partial charge in [-0.25, -0.2) is 8.42 Å². The van der Waals surface area contributed by atoms with Crippen molar-refractivity contribution in [3.63, 3.8) is 0 Å². The second kappa shape index (κ2) is 5.58. The van der Waals surface area contributed by atoms with Crippen molar-refractivity contribution in [3.05, 3.63) is 42.1 Å². The van der Waals surface area contributed by atoms with E-state index in [1.807, 2.05) is 0 Å². The Hall–Kier alpha value is -1.33. The lowest BCUT2D eigenvalue weighted by Gasteiger charge is -2.32. The zero-order chi connectivity index (χ0) is 14.8. The van der Waals surface area contributed by atoms with Crippen LogP contribution in [0.3, 0.4) is 0 Å². The van der Waals surface area contributed by atoms with E-state index >= 15 is 0 Å². The van der Waals surface area contributed by atoms with Crippen molar-refractivity contribution in [2.24, 2.45) is 11.3 Å². The van der Waals surface area contributed by atoms with Gasteiger partial charge in [0.2, 0.25) is 0 Å². The summed E-state index contributed by atoms with van der Waals surface area (Å²) in [6, 6.07) is 8.36. The molecule has 2 rings (SSSR count). The molecule has 0 aromatic heterocycles. The lowest BCUT2D eigenvalue weighted by atomic mass is 9.76. The molecule has 0 spiro atoms. The first-order valence-electron chi connectivity index (χ1n) is 6.83. The average molecular weight is 294 g/mol. The van der Waals surface area contributed by atoms with E-state index < -0.39 is 10.0 Å². The van der Waals surface area contributed by atoms with Crippen LogP contribution in [-0.2, 0) is 10.0 Å². The molecule has 1 aliphatic rings. The monoisotopic (exact) mass is 294 g/mol. The third-order valence-electron chi connectivity index (χ3n) is 3.41. The third-order valence-corrected chi connectivity index (χ3v) is 4.67. The van der Waals surface area contributed by atoms with Crippen LogP contribution >= 0.6 is 0 Å². The first kappa shape index (κ1) is 15.1. The number of allylic oxidation sites excluding steroid dienone is 2. The van der Waals surface area contributed by atoms with E-state index in [9.17, 15) is 8.42 Å². The van der Waals surface area contributed by atoms with Crippen molar-refractivity contribution in [1.82, 2.24) is 10.3 Å². The van der Waals surface area contributed by atoms with Crippen molar-refractivity contribution in [1.29, 1.82) is 0 Å². The Bertz CT molecular complexity index is 592. The second-order valence-corrected chi connectivity index (χ2v) is 7.90. The van der Waals surface area contributed by atoms with E-state index in [1.165, 1.54) is 0 Å². The molecule has 20 heavy (non-hydrogen) atoms. The number of sulfonamides is 1. The summed E-state index contributed by atoms with van der Waals surface area (Å²) in [5.74, 6) is 0.540. The smallest absolute Gasteiger partial charge is 0.257 e. The Morgan fingerprint density at radius 2 is 1.85 bits per heavy atom. The van der Waals surface area contributed by atoms with Crippen LogP contribution in [0.25, 0.3) is 0 Å². The maximum absolute atomic E-state index is 12.1. The van der Waals surface area contributed by atoms with Gasteiger partial charge in [-0.3, -0.25) is 0 Å². The first-order valence-corrected chi connectivity index (χ1v) is 8.31. The number of nitrogens with one attached hydrogen (secondary N) is 2. The summed E-state index contributed by atoms with van der Waals surface area (Å²) >= 11 is 0. The van der Waals surface area contributed by atoms with Crippen molar-refractivity contribution < 1.29 is 8.42 Å². The minimum absolute atomic E-state index is 0.0954. The maximum Gasteiger partial charge on any atom is 0.257 e. The Morgan fingerprint density at radius 1 is 1.20 bits per heavy atom. The minimum atomic E-state index is -3.52. The molecule has 110 valence electrons. The number of hydrogen-bond acceptors (Lipinski definition) is 3. The van der Waals surface area contributed by atoms with Gasteiger partial charge in [-0.2, -0.15) is 0 Å². The highest BCUT2D eigenvalue weighted by Gasteiger charge is 2.26. The number of rotatable bonds is 4. The maximum atomic E-state index is 12.1. The van der Waals surface area contributed by atoms with Crippen LogP contribution in [0.5, 0.6) is 0 Å². The van der Waals surface area contributed by atoms with Gasteiger partial charge < -0.3 is 5.43 Å². The molecule has 0 radical (unpaired) electrons. The third kappa shape index (κ3) is 3.84. The van der Waals surface area contributed by atoms with Gasteiger partial charge in [-0.1, -0.05) is 45.0 Å². The molecule has 4 nitrogen and oxygen atoms in total. The fourth-order valence-corrected chi connectivity index (χ4v) is 3.71. The van der Waals surface area contributed by atoms with E-state index in [2.05, 4.69) is 37.1 Å².